The molecule has 3 amide bonds. The number of fused-ring (bicyclic) bond motifs is 1. The lowest BCUT2D eigenvalue weighted by molar-refractivity contribution is -0.130. The van der Waals surface area contributed by atoms with E-state index in [4.69, 9.17) is 0 Å². The summed E-state index contributed by atoms with van der Waals surface area (Å²) < 4.78 is 0. The minimum Gasteiger partial charge on any atom is -0.355 e. The summed E-state index contributed by atoms with van der Waals surface area (Å²) in [6.45, 7) is 0.425. The van der Waals surface area contributed by atoms with Crippen molar-refractivity contribution in [3.05, 3.63) is 59.7 Å². The van der Waals surface area contributed by atoms with Crippen LogP contribution in [0.5, 0.6) is 0 Å². The molecule has 1 aliphatic rings. The highest BCUT2D eigenvalue weighted by Crippen LogP contribution is 2.34. The van der Waals surface area contributed by atoms with E-state index in [0.29, 0.717) is 17.9 Å². The van der Waals surface area contributed by atoms with Crippen LogP contribution in [0.3, 0.4) is 0 Å². The molecule has 0 bridgehead atoms. The molecule has 0 fully saturated rings. The number of rotatable bonds is 5. The van der Waals surface area contributed by atoms with Crippen LogP contribution in [0, 0.1) is 0 Å². The van der Waals surface area contributed by atoms with Gasteiger partial charge in [-0.15, -0.1) is 11.8 Å². The number of likely N-dealkylation sites (N-methyl/N-ethyl adjacent to an activating group) is 1. The molecule has 1 aliphatic heterocycles. The molecule has 0 radical (unpaired) electrons. The normalized spacial score (nSPS) is 13.1. The van der Waals surface area contributed by atoms with Gasteiger partial charge < -0.3 is 15.1 Å². The highest BCUT2D eigenvalue weighted by Gasteiger charge is 2.27. The minimum atomic E-state index is -0.147. The number of amides is 3. The van der Waals surface area contributed by atoms with E-state index in [0.717, 1.165) is 16.1 Å². The maximum Gasteiger partial charge on any atom is 0.251 e. The molecule has 2 aromatic rings. The van der Waals surface area contributed by atoms with Crippen LogP contribution >= 0.6 is 11.8 Å². The number of hydrogen-bond donors (Lipinski definition) is 1. The number of nitrogens with one attached hydrogen (secondary N) is 1. The summed E-state index contributed by atoms with van der Waals surface area (Å²) >= 11 is 1.50. The summed E-state index contributed by atoms with van der Waals surface area (Å²) in [4.78, 5) is 40.7. The Kier molecular flexibility index (Phi) is 5.81. The average molecular weight is 383 g/mol. The number of anilines is 1. The Labute approximate surface area is 162 Å². The van der Waals surface area contributed by atoms with E-state index < -0.39 is 0 Å². The largest absolute Gasteiger partial charge is 0.355 e. The van der Waals surface area contributed by atoms with Crippen molar-refractivity contribution in [2.45, 2.75) is 11.4 Å². The first-order valence-corrected chi connectivity index (χ1v) is 9.55. The van der Waals surface area contributed by atoms with Crippen molar-refractivity contribution >= 4 is 35.2 Å². The second kappa shape index (κ2) is 8.26. The van der Waals surface area contributed by atoms with Gasteiger partial charge in [0.05, 0.1) is 11.4 Å². The summed E-state index contributed by atoms with van der Waals surface area (Å²) in [6.07, 6.45) is 0. The van der Waals surface area contributed by atoms with Gasteiger partial charge in [0.1, 0.15) is 6.54 Å². The third kappa shape index (κ3) is 4.31. The van der Waals surface area contributed by atoms with Crippen LogP contribution in [0.2, 0.25) is 0 Å². The van der Waals surface area contributed by atoms with E-state index in [1.165, 1.54) is 11.8 Å². The Bertz CT molecular complexity index is 867. The number of nitrogens with zero attached hydrogens (tertiary/aromatic N) is 2. The lowest BCUT2D eigenvalue weighted by Gasteiger charge is -2.30. The van der Waals surface area contributed by atoms with E-state index >= 15 is 0 Å². The van der Waals surface area contributed by atoms with Crippen LogP contribution in [0.4, 0.5) is 5.69 Å². The van der Waals surface area contributed by atoms with E-state index in [9.17, 15) is 14.4 Å². The van der Waals surface area contributed by atoms with Crippen LogP contribution in [0.25, 0.3) is 0 Å². The van der Waals surface area contributed by atoms with Gasteiger partial charge in [-0.05, 0) is 29.8 Å². The third-order valence-corrected chi connectivity index (χ3v) is 5.44. The zero-order valence-corrected chi connectivity index (χ0v) is 16.1. The minimum absolute atomic E-state index is 0.0171. The zero-order valence-electron chi connectivity index (χ0n) is 15.3. The average Bonchev–Trinajstić information content (AvgIpc) is 2.70. The fraction of sp³-hybridized carbons (Fsp3) is 0.250. The number of benzene rings is 2. The predicted molar refractivity (Wildman–Crippen MR) is 106 cm³/mol. The molecule has 0 aromatic heterocycles. The van der Waals surface area contributed by atoms with E-state index in [1.807, 2.05) is 36.4 Å². The summed E-state index contributed by atoms with van der Waals surface area (Å²) in [5.74, 6) is -0.00320. The number of para-hydroxylation sites is 1. The van der Waals surface area contributed by atoms with Gasteiger partial charge in [-0.1, -0.05) is 24.3 Å². The second-order valence-corrected chi connectivity index (χ2v) is 7.28. The number of carbonyl (C=O) groups is 3. The molecular weight excluding hydrogens is 362 g/mol. The molecule has 2 aromatic carbocycles. The van der Waals surface area contributed by atoms with Crippen LogP contribution in [0.15, 0.2) is 53.4 Å². The van der Waals surface area contributed by atoms with Crippen molar-refractivity contribution in [3.8, 4) is 0 Å². The molecule has 6 nitrogen and oxygen atoms in total. The second-order valence-electron chi connectivity index (χ2n) is 6.26. The topological polar surface area (TPSA) is 69.7 Å². The molecule has 0 aliphatic carbocycles. The van der Waals surface area contributed by atoms with Crippen molar-refractivity contribution in [1.29, 1.82) is 0 Å². The van der Waals surface area contributed by atoms with E-state index in [-0.39, 0.29) is 24.3 Å². The van der Waals surface area contributed by atoms with Crippen molar-refractivity contribution in [2.24, 2.45) is 0 Å². The summed E-state index contributed by atoms with van der Waals surface area (Å²) in [7, 11) is 3.30. The van der Waals surface area contributed by atoms with Crippen LogP contribution in [-0.4, -0.2) is 49.0 Å². The number of thioether (sulfide) groups is 1. The van der Waals surface area contributed by atoms with Gasteiger partial charge in [0, 0.05) is 31.1 Å². The first-order chi connectivity index (χ1) is 13.0. The van der Waals surface area contributed by atoms with Gasteiger partial charge in [-0.25, -0.2) is 0 Å². The van der Waals surface area contributed by atoms with Crippen LogP contribution in [-0.2, 0) is 16.1 Å². The third-order valence-electron chi connectivity index (χ3n) is 4.39. The molecule has 0 saturated heterocycles. The molecule has 1 N–H and O–H groups in total. The van der Waals surface area contributed by atoms with Crippen molar-refractivity contribution in [2.75, 3.05) is 31.3 Å². The van der Waals surface area contributed by atoms with Crippen molar-refractivity contribution in [1.82, 2.24) is 10.2 Å². The molecule has 0 spiro atoms. The van der Waals surface area contributed by atoms with Gasteiger partial charge in [-0.3, -0.25) is 14.4 Å². The molecule has 0 unspecified atom stereocenters. The monoisotopic (exact) mass is 383 g/mol. The number of hydrogen-bond acceptors (Lipinski definition) is 4. The smallest absolute Gasteiger partial charge is 0.251 e. The summed E-state index contributed by atoms with van der Waals surface area (Å²) in [5.41, 5.74) is 2.28. The van der Waals surface area contributed by atoms with Gasteiger partial charge in [0.15, 0.2) is 0 Å². The van der Waals surface area contributed by atoms with Gasteiger partial charge in [-0.2, -0.15) is 0 Å². The maximum absolute atomic E-state index is 12.7. The Hall–Kier alpha value is -2.80. The van der Waals surface area contributed by atoms with Crippen molar-refractivity contribution < 1.29 is 14.4 Å². The SMILES string of the molecule is CNC(=O)c1ccc(CN(C)C(=O)CN2C(=O)CSc3ccccc32)cc1. The molecule has 1 heterocycles. The van der Waals surface area contributed by atoms with Gasteiger partial charge in [0.25, 0.3) is 5.91 Å². The molecule has 7 heteroatoms. The Morgan fingerprint density at radius 3 is 2.56 bits per heavy atom. The highest BCUT2D eigenvalue weighted by atomic mass is 32.2. The molecule has 0 saturated carbocycles. The Morgan fingerprint density at radius 2 is 1.85 bits per heavy atom. The molecular formula is C20H21N3O3S. The predicted octanol–water partition coefficient (Wildman–Crippen LogP) is 2.14. The van der Waals surface area contributed by atoms with Gasteiger partial charge in [0.2, 0.25) is 11.8 Å². The van der Waals surface area contributed by atoms with Gasteiger partial charge >= 0.3 is 0 Å². The Balaban J connectivity index is 1.66. The lowest BCUT2D eigenvalue weighted by Crippen LogP contribution is -2.43. The van der Waals surface area contributed by atoms with Crippen molar-refractivity contribution in [3.63, 3.8) is 0 Å². The molecule has 140 valence electrons. The summed E-state index contributed by atoms with van der Waals surface area (Å²) in [6, 6.07) is 14.7. The van der Waals surface area contributed by atoms with Crippen LogP contribution in [0.1, 0.15) is 15.9 Å². The van der Waals surface area contributed by atoms with E-state index in [1.54, 1.807) is 36.0 Å². The molecule has 3 rings (SSSR count). The first kappa shape index (κ1) is 19.0. The zero-order chi connectivity index (χ0) is 19.4. The standard InChI is InChI=1S/C20H21N3O3S/c1-21-20(26)15-9-7-14(8-10-15)11-22(2)18(24)12-23-16-5-3-4-6-17(16)27-13-19(23)25/h3-10H,11-13H2,1-2H3,(H,21,26). The quantitative estimate of drug-likeness (QED) is 0.859. The first-order valence-electron chi connectivity index (χ1n) is 8.57. The maximum atomic E-state index is 12.7. The lowest BCUT2D eigenvalue weighted by atomic mass is 10.1. The highest BCUT2D eigenvalue weighted by molar-refractivity contribution is 8.00. The van der Waals surface area contributed by atoms with Crippen LogP contribution < -0.4 is 10.2 Å². The van der Waals surface area contributed by atoms with E-state index in [2.05, 4.69) is 5.32 Å². The Morgan fingerprint density at radius 1 is 1.15 bits per heavy atom. The number of carbonyl (C=O) groups excluding carboxylic acids is 3. The molecule has 0 atom stereocenters. The molecule has 27 heavy (non-hydrogen) atoms. The fourth-order valence-corrected chi connectivity index (χ4v) is 3.79. The fourth-order valence-electron chi connectivity index (χ4n) is 2.85. The summed E-state index contributed by atoms with van der Waals surface area (Å²) in [5, 5.41) is 2.57.